The van der Waals surface area contributed by atoms with Crippen molar-refractivity contribution in [2.45, 2.75) is 6.54 Å². The highest BCUT2D eigenvalue weighted by molar-refractivity contribution is 6.32. The number of amides is 1. The SMILES string of the molecule is COc1ccc(CN(CCO)C(=O)c2cc([N+](=O)[O-])cnc2Cl)c(OC)c1. The van der Waals surface area contributed by atoms with Gasteiger partial charge < -0.3 is 19.5 Å². The molecule has 0 radical (unpaired) electrons. The second-order valence-corrected chi connectivity index (χ2v) is 5.78. The Kier molecular flexibility index (Phi) is 6.91. The molecule has 1 N–H and O–H groups in total. The molecule has 1 aromatic heterocycles. The predicted molar refractivity (Wildman–Crippen MR) is 97.3 cm³/mol. The molecule has 1 amide bonds. The van der Waals surface area contributed by atoms with Crippen molar-refractivity contribution < 1.29 is 24.3 Å². The van der Waals surface area contributed by atoms with E-state index < -0.39 is 10.8 Å². The van der Waals surface area contributed by atoms with Crippen LogP contribution in [0, 0.1) is 10.1 Å². The van der Waals surface area contributed by atoms with Gasteiger partial charge in [0.15, 0.2) is 0 Å². The van der Waals surface area contributed by atoms with E-state index in [9.17, 15) is 20.0 Å². The highest BCUT2D eigenvalue weighted by Crippen LogP contribution is 2.27. The third kappa shape index (κ3) is 4.83. The summed E-state index contributed by atoms with van der Waals surface area (Å²) in [5.74, 6) is 0.484. The van der Waals surface area contributed by atoms with Crippen molar-refractivity contribution in [1.29, 1.82) is 0 Å². The number of rotatable bonds is 8. The first-order valence-electron chi connectivity index (χ1n) is 7.82. The zero-order chi connectivity index (χ0) is 20.0. The van der Waals surface area contributed by atoms with Crippen molar-refractivity contribution in [2.24, 2.45) is 0 Å². The summed E-state index contributed by atoms with van der Waals surface area (Å²) in [6, 6.07) is 6.16. The molecule has 0 fully saturated rings. The highest BCUT2D eigenvalue weighted by Gasteiger charge is 2.23. The van der Waals surface area contributed by atoms with Crippen LogP contribution in [-0.4, -0.2) is 53.2 Å². The first-order chi connectivity index (χ1) is 12.9. The summed E-state index contributed by atoms with van der Waals surface area (Å²) in [5, 5.41) is 20.1. The van der Waals surface area contributed by atoms with Crippen molar-refractivity contribution in [1.82, 2.24) is 9.88 Å². The van der Waals surface area contributed by atoms with Crippen LogP contribution >= 0.6 is 11.6 Å². The maximum absolute atomic E-state index is 12.9. The lowest BCUT2D eigenvalue weighted by Crippen LogP contribution is -2.33. The maximum Gasteiger partial charge on any atom is 0.288 e. The molecule has 0 atom stereocenters. The third-order valence-corrected chi connectivity index (χ3v) is 4.08. The Labute approximate surface area is 160 Å². The minimum Gasteiger partial charge on any atom is -0.497 e. The molecule has 0 saturated heterocycles. The first kappa shape index (κ1) is 20.4. The molecule has 10 heteroatoms. The van der Waals surface area contributed by atoms with E-state index in [1.165, 1.54) is 19.1 Å². The highest BCUT2D eigenvalue weighted by atomic mass is 35.5. The normalized spacial score (nSPS) is 10.4. The summed E-state index contributed by atoms with van der Waals surface area (Å²) in [6.45, 7) is -0.219. The topological polar surface area (TPSA) is 115 Å². The quantitative estimate of drug-likeness (QED) is 0.414. The van der Waals surface area contributed by atoms with Gasteiger partial charge in [-0.15, -0.1) is 0 Å². The Morgan fingerprint density at radius 1 is 1.33 bits per heavy atom. The minimum absolute atomic E-state index is 0.00691. The fourth-order valence-electron chi connectivity index (χ4n) is 2.42. The molecule has 0 bridgehead atoms. The van der Waals surface area contributed by atoms with Gasteiger partial charge in [0.2, 0.25) is 0 Å². The number of aliphatic hydroxyl groups excluding tert-OH is 1. The van der Waals surface area contributed by atoms with Crippen LogP contribution < -0.4 is 9.47 Å². The molecule has 144 valence electrons. The number of ether oxygens (including phenoxy) is 2. The van der Waals surface area contributed by atoms with E-state index in [-0.39, 0.29) is 36.1 Å². The molecular weight excluding hydrogens is 378 g/mol. The van der Waals surface area contributed by atoms with Gasteiger partial charge in [0.25, 0.3) is 11.6 Å². The van der Waals surface area contributed by atoms with Crippen LogP contribution in [0.25, 0.3) is 0 Å². The van der Waals surface area contributed by atoms with Gasteiger partial charge >= 0.3 is 0 Å². The third-order valence-electron chi connectivity index (χ3n) is 3.78. The van der Waals surface area contributed by atoms with Crippen molar-refractivity contribution in [3.8, 4) is 11.5 Å². The Hall–Kier alpha value is -2.91. The molecule has 27 heavy (non-hydrogen) atoms. The zero-order valence-electron chi connectivity index (χ0n) is 14.7. The van der Waals surface area contributed by atoms with E-state index in [2.05, 4.69) is 4.98 Å². The Balaban J connectivity index is 2.36. The van der Waals surface area contributed by atoms with Crippen LogP contribution in [0.2, 0.25) is 5.15 Å². The molecule has 1 heterocycles. The number of nitro groups is 1. The van der Waals surface area contributed by atoms with E-state index in [4.69, 9.17) is 21.1 Å². The predicted octanol–water partition coefficient (Wildman–Crippen LogP) is 2.30. The van der Waals surface area contributed by atoms with Gasteiger partial charge in [-0.25, -0.2) is 4.98 Å². The number of hydrogen-bond donors (Lipinski definition) is 1. The number of aliphatic hydroxyl groups is 1. The standard InChI is InChI=1S/C17H18ClN3O6/c1-26-13-4-3-11(15(8-13)27-2)10-20(5-6-22)17(23)14-7-12(21(24)25)9-19-16(14)18/h3-4,7-9,22H,5-6,10H2,1-2H3. The molecular formula is C17H18ClN3O6. The fourth-order valence-corrected chi connectivity index (χ4v) is 2.60. The van der Waals surface area contributed by atoms with E-state index >= 15 is 0 Å². The van der Waals surface area contributed by atoms with Crippen LogP contribution in [0.5, 0.6) is 11.5 Å². The number of nitrogens with zero attached hydrogens (tertiary/aromatic N) is 3. The Morgan fingerprint density at radius 2 is 2.07 bits per heavy atom. The lowest BCUT2D eigenvalue weighted by molar-refractivity contribution is -0.385. The molecule has 1 aromatic carbocycles. The van der Waals surface area contributed by atoms with Crippen LogP contribution in [0.1, 0.15) is 15.9 Å². The van der Waals surface area contributed by atoms with E-state index in [0.29, 0.717) is 17.1 Å². The molecule has 0 aliphatic carbocycles. The van der Waals surface area contributed by atoms with Gasteiger partial charge in [-0.2, -0.15) is 0 Å². The smallest absolute Gasteiger partial charge is 0.288 e. The molecule has 0 saturated carbocycles. The number of methoxy groups -OCH3 is 2. The molecule has 0 spiro atoms. The number of halogens is 1. The van der Waals surface area contributed by atoms with Crippen LogP contribution in [0.15, 0.2) is 30.5 Å². The van der Waals surface area contributed by atoms with Crippen LogP contribution in [0.4, 0.5) is 5.69 Å². The van der Waals surface area contributed by atoms with Crippen LogP contribution in [-0.2, 0) is 6.54 Å². The molecule has 9 nitrogen and oxygen atoms in total. The number of carbonyl (C=O) groups is 1. The summed E-state index contributed by atoms with van der Waals surface area (Å²) < 4.78 is 10.5. The zero-order valence-corrected chi connectivity index (χ0v) is 15.5. The summed E-state index contributed by atoms with van der Waals surface area (Å²) in [5.41, 5.74) is 0.190. The van der Waals surface area contributed by atoms with Crippen LogP contribution in [0.3, 0.4) is 0 Å². The number of pyridine rings is 1. The summed E-state index contributed by atoms with van der Waals surface area (Å²) in [7, 11) is 3.01. The average Bonchev–Trinajstić information content (AvgIpc) is 2.67. The van der Waals surface area contributed by atoms with E-state index in [1.807, 2.05) is 0 Å². The van der Waals surface area contributed by atoms with Crippen molar-refractivity contribution in [3.05, 3.63) is 56.9 Å². The lowest BCUT2D eigenvalue weighted by Gasteiger charge is -2.23. The molecule has 0 aliphatic heterocycles. The number of carbonyl (C=O) groups excluding carboxylic acids is 1. The number of hydrogen-bond acceptors (Lipinski definition) is 7. The number of aromatic nitrogens is 1. The van der Waals surface area contributed by atoms with Crippen molar-refractivity contribution >= 4 is 23.2 Å². The largest absolute Gasteiger partial charge is 0.497 e. The minimum atomic E-state index is -0.664. The summed E-state index contributed by atoms with van der Waals surface area (Å²) >= 11 is 5.96. The maximum atomic E-state index is 12.9. The lowest BCUT2D eigenvalue weighted by atomic mass is 10.1. The summed E-state index contributed by atoms with van der Waals surface area (Å²) in [4.78, 5) is 28.1. The van der Waals surface area contributed by atoms with Gasteiger partial charge in [-0.3, -0.25) is 14.9 Å². The second-order valence-electron chi connectivity index (χ2n) is 5.42. The van der Waals surface area contributed by atoms with E-state index in [1.54, 1.807) is 18.2 Å². The van der Waals surface area contributed by atoms with Gasteiger partial charge in [-0.1, -0.05) is 11.6 Å². The summed E-state index contributed by atoms with van der Waals surface area (Å²) in [6.07, 6.45) is 0.974. The van der Waals surface area contributed by atoms with E-state index in [0.717, 1.165) is 12.3 Å². The molecule has 2 aromatic rings. The molecule has 0 unspecified atom stereocenters. The first-order valence-corrected chi connectivity index (χ1v) is 8.20. The van der Waals surface area contributed by atoms with Gasteiger partial charge in [-0.05, 0) is 12.1 Å². The molecule has 2 rings (SSSR count). The number of benzene rings is 1. The van der Waals surface area contributed by atoms with Crippen molar-refractivity contribution in [2.75, 3.05) is 27.4 Å². The monoisotopic (exact) mass is 395 g/mol. The fraction of sp³-hybridized carbons (Fsp3) is 0.294. The van der Waals surface area contributed by atoms with Crippen molar-refractivity contribution in [3.63, 3.8) is 0 Å². The van der Waals surface area contributed by atoms with Gasteiger partial charge in [0.1, 0.15) is 22.8 Å². The Bertz CT molecular complexity index is 845. The Morgan fingerprint density at radius 3 is 2.67 bits per heavy atom. The van der Waals surface area contributed by atoms with Gasteiger partial charge in [0.05, 0.1) is 31.3 Å². The van der Waals surface area contributed by atoms with Gasteiger partial charge in [0, 0.05) is 30.8 Å². The molecule has 0 aliphatic rings. The second kappa shape index (κ2) is 9.15. The average molecular weight is 396 g/mol.